The van der Waals surface area contributed by atoms with E-state index in [-0.39, 0.29) is 41.6 Å². The van der Waals surface area contributed by atoms with Crippen molar-refractivity contribution in [3.05, 3.63) is 0 Å². The molecule has 3 N–H and O–H groups in total. The predicted octanol–water partition coefficient (Wildman–Crippen LogP) is 0.230. The summed E-state index contributed by atoms with van der Waals surface area (Å²) in [5.41, 5.74) is 5.59. The van der Waals surface area contributed by atoms with Gasteiger partial charge in [0.05, 0.1) is 17.6 Å². The molecule has 1 fully saturated rings. The lowest BCUT2D eigenvalue weighted by molar-refractivity contribution is 0.222. The van der Waals surface area contributed by atoms with Gasteiger partial charge < -0.3 is 15.8 Å². The predicted molar refractivity (Wildman–Crippen MR) is 75.3 cm³/mol. The molecule has 2 heterocycles. The first-order valence-corrected chi connectivity index (χ1v) is 8.31. The van der Waals surface area contributed by atoms with E-state index in [1.54, 1.807) is 0 Å². The van der Waals surface area contributed by atoms with Gasteiger partial charge in [0.1, 0.15) is 0 Å². The van der Waals surface area contributed by atoms with Crippen molar-refractivity contribution in [1.29, 1.82) is 0 Å². The molecule has 1 unspecified atom stereocenters. The Hall–Kier alpha value is -1.64. The largest absolute Gasteiger partial charge is 0.461 e. The van der Waals surface area contributed by atoms with E-state index in [0.717, 1.165) is 6.42 Å². The molecule has 1 aromatic rings. The molecule has 0 amide bonds. The van der Waals surface area contributed by atoms with Crippen molar-refractivity contribution in [1.82, 2.24) is 15.0 Å². The van der Waals surface area contributed by atoms with Crippen LogP contribution in [-0.4, -0.2) is 47.0 Å². The molecular formula is C11H19N5O3S. The zero-order valence-electron chi connectivity index (χ0n) is 11.5. The van der Waals surface area contributed by atoms with Crippen molar-refractivity contribution in [2.75, 3.05) is 22.6 Å². The van der Waals surface area contributed by atoms with Gasteiger partial charge in [0.25, 0.3) is 0 Å². The number of sulfone groups is 1. The van der Waals surface area contributed by atoms with E-state index in [1.807, 2.05) is 13.8 Å². The molecule has 1 atom stereocenters. The van der Waals surface area contributed by atoms with Gasteiger partial charge in [-0.2, -0.15) is 15.0 Å². The number of nitrogens with zero attached hydrogens (tertiary/aromatic N) is 3. The molecule has 0 spiro atoms. The van der Waals surface area contributed by atoms with E-state index >= 15 is 0 Å². The third-order valence-corrected chi connectivity index (χ3v) is 4.59. The Morgan fingerprint density at radius 3 is 2.75 bits per heavy atom. The van der Waals surface area contributed by atoms with Crippen molar-refractivity contribution >= 4 is 21.7 Å². The van der Waals surface area contributed by atoms with E-state index in [1.165, 1.54) is 0 Å². The van der Waals surface area contributed by atoms with E-state index in [0.29, 0.717) is 6.42 Å². The Kier molecular flexibility index (Phi) is 4.26. The summed E-state index contributed by atoms with van der Waals surface area (Å²) in [6.45, 7) is 3.70. The average Bonchev–Trinajstić information content (AvgIpc) is 2.25. The number of nitrogens with two attached hydrogens (primary N) is 1. The maximum absolute atomic E-state index is 11.6. The number of anilines is 2. The van der Waals surface area contributed by atoms with Crippen LogP contribution >= 0.6 is 0 Å². The van der Waals surface area contributed by atoms with Crippen LogP contribution in [0.25, 0.3) is 0 Å². The highest BCUT2D eigenvalue weighted by atomic mass is 32.2. The zero-order valence-corrected chi connectivity index (χ0v) is 12.4. The lowest BCUT2D eigenvalue weighted by Gasteiger charge is -2.23. The molecule has 0 bridgehead atoms. The summed E-state index contributed by atoms with van der Waals surface area (Å²) in [6, 6.07) is -0.0730. The highest BCUT2D eigenvalue weighted by Gasteiger charge is 2.25. The third kappa shape index (κ3) is 4.19. The van der Waals surface area contributed by atoms with Crippen LogP contribution in [0.4, 0.5) is 11.9 Å². The van der Waals surface area contributed by atoms with Gasteiger partial charge >= 0.3 is 6.01 Å². The quantitative estimate of drug-likeness (QED) is 0.811. The molecule has 8 nitrogen and oxygen atoms in total. The molecule has 20 heavy (non-hydrogen) atoms. The molecule has 9 heteroatoms. The van der Waals surface area contributed by atoms with Gasteiger partial charge in [0.15, 0.2) is 9.84 Å². The summed E-state index contributed by atoms with van der Waals surface area (Å²) in [7, 11) is -2.99. The van der Waals surface area contributed by atoms with Crippen molar-refractivity contribution in [3.8, 4) is 6.01 Å². The molecule has 1 saturated heterocycles. The van der Waals surface area contributed by atoms with Crippen molar-refractivity contribution < 1.29 is 13.2 Å². The molecule has 0 radical (unpaired) electrons. The minimum Gasteiger partial charge on any atom is -0.461 e. The Labute approximate surface area is 118 Å². The first-order valence-electron chi connectivity index (χ1n) is 6.49. The molecule has 1 aliphatic heterocycles. The second-order valence-electron chi connectivity index (χ2n) is 5.06. The van der Waals surface area contributed by atoms with Crippen LogP contribution in [0, 0.1) is 0 Å². The number of nitrogens with one attached hydrogen (secondary N) is 1. The minimum atomic E-state index is -2.99. The van der Waals surface area contributed by atoms with E-state index < -0.39 is 9.84 Å². The van der Waals surface area contributed by atoms with E-state index in [9.17, 15) is 8.42 Å². The normalized spacial score (nSPS) is 21.6. The number of hydrogen-bond donors (Lipinski definition) is 2. The molecule has 0 aliphatic carbocycles. The maximum Gasteiger partial charge on any atom is 0.323 e. The summed E-state index contributed by atoms with van der Waals surface area (Å²) >= 11 is 0. The molecule has 112 valence electrons. The van der Waals surface area contributed by atoms with E-state index in [2.05, 4.69) is 20.3 Å². The molecular weight excluding hydrogens is 282 g/mol. The smallest absolute Gasteiger partial charge is 0.323 e. The second-order valence-corrected chi connectivity index (χ2v) is 7.29. The van der Waals surface area contributed by atoms with Crippen molar-refractivity contribution in [2.24, 2.45) is 0 Å². The van der Waals surface area contributed by atoms with Gasteiger partial charge in [0, 0.05) is 6.04 Å². The SMILES string of the molecule is CC(C)Oc1nc(N)nc(NC2CCCS(=O)(=O)C2)n1. The highest BCUT2D eigenvalue weighted by molar-refractivity contribution is 7.91. The first kappa shape index (κ1) is 14.8. The lowest BCUT2D eigenvalue weighted by atomic mass is 10.2. The molecule has 2 rings (SSSR count). The van der Waals surface area contributed by atoms with Crippen LogP contribution in [-0.2, 0) is 9.84 Å². The fraction of sp³-hybridized carbons (Fsp3) is 0.727. The highest BCUT2D eigenvalue weighted by Crippen LogP contribution is 2.17. The van der Waals surface area contributed by atoms with Crippen LogP contribution in [0.15, 0.2) is 0 Å². The Balaban J connectivity index is 2.10. The Morgan fingerprint density at radius 2 is 2.10 bits per heavy atom. The van der Waals surface area contributed by atoms with Crippen LogP contribution < -0.4 is 15.8 Å². The van der Waals surface area contributed by atoms with Gasteiger partial charge in [-0.3, -0.25) is 0 Å². The van der Waals surface area contributed by atoms with Gasteiger partial charge in [-0.15, -0.1) is 0 Å². The maximum atomic E-state index is 11.6. The molecule has 1 aliphatic rings. The number of rotatable bonds is 4. The fourth-order valence-electron chi connectivity index (χ4n) is 2.02. The molecule has 1 aromatic heterocycles. The topological polar surface area (TPSA) is 120 Å². The van der Waals surface area contributed by atoms with Crippen LogP contribution in [0.1, 0.15) is 26.7 Å². The average molecular weight is 301 g/mol. The monoisotopic (exact) mass is 301 g/mol. The summed E-state index contributed by atoms with van der Waals surface area (Å²) in [6.07, 6.45) is 1.31. The summed E-state index contributed by atoms with van der Waals surface area (Å²) < 4.78 is 28.5. The van der Waals surface area contributed by atoms with Gasteiger partial charge in [-0.05, 0) is 26.7 Å². The third-order valence-electron chi connectivity index (χ3n) is 2.77. The number of ether oxygens (including phenoxy) is 1. The van der Waals surface area contributed by atoms with Crippen molar-refractivity contribution in [2.45, 2.75) is 38.8 Å². The fourth-order valence-corrected chi connectivity index (χ4v) is 3.66. The van der Waals surface area contributed by atoms with Crippen LogP contribution in [0.5, 0.6) is 6.01 Å². The standard InChI is InChI=1S/C11H19N5O3S/c1-7(2)19-11-15-9(12)14-10(16-11)13-8-4-3-5-20(17,18)6-8/h7-8H,3-6H2,1-2H3,(H3,12,13,14,15,16). The Bertz CT molecular complexity index is 575. The summed E-state index contributed by atoms with van der Waals surface area (Å²) in [4.78, 5) is 11.9. The number of aromatic nitrogens is 3. The van der Waals surface area contributed by atoms with Gasteiger partial charge in [0.2, 0.25) is 11.9 Å². The zero-order chi connectivity index (χ0) is 14.8. The summed E-state index contributed by atoms with van der Waals surface area (Å²) in [5, 5.41) is 2.99. The number of hydrogen-bond acceptors (Lipinski definition) is 8. The lowest BCUT2D eigenvalue weighted by Crippen LogP contribution is -2.35. The number of nitrogen functional groups attached to an aromatic ring is 1. The van der Waals surface area contributed by atoms with Gasteiger partial charge in [-0.1, -0.05) is 0 Å². The second kappa shape index (κ2) is 5.78. The van der Waals surface area contributed by atoms with Crippen molar-refractivity contribution in [3.63, 3.8) is 0 Å². The van der Waals surface area contributed by atoms with Crippen LogP contribution in [0.3, 0.4) is 0 Å². The minimum absolute atomic E-state index is 0.0387. The van der Waals surface area contributed by atoms with Crippen LogP contribution in [0.2, 0.25) is 0 Å². The first-order chi connectivity index (χ1) is 9.34. The summed E-state index contributed by atoms with van der Waals surface area (Å²) in [5.74, 6) is 0.609. The molecule has 0 aromatic carbocycles. The Morgan fingerprint density at radius 1 is 1.35 bits per heavy atom. The molecule has 0 saturated carbocycles. The van der Waals surface area contributed by atoms with E-state index in [4.69, 9.17) is 10.5 Å². The van der Waals surface area contributed by atoms with Gasteiger partial charge in [-0.25, -0.2) is 8.42 Å².